The van der Waals surface area contributed by atoms with Crippen LogP contribution in [-0.2, 0) is 0 Å². The molecule has 1 aromatic heterocycles. The topological polar surface area (TPSA) is 12.9 Å². The second-order valence-corrected chi connectivity index (χ2v) is 2.33. The molecule has 0 spiro atoms. The number of alkyl halides is 2. The maximum absolute atomic E-state index is 12.6. The Labute approximate surface area is 70.0 Å². The van der Waals surface area contributed by atoms with E-state index < -0.39 is 28.9 Å². The van der Waals surface area contributed by atoms with Crippen LogP contribution in [0, 0.1) is 11.8 Å². The first-order chi connectivity index (χ1) is 5.52. The van der Waals surface area contributed by atoms with Gasteiger partial charge in [-0.15, -0.1) is 0 Å². The molecule has 66 valence electrons. The van der Waals surface area contributed by atoms with Gasteiger partial charge in [-0.25, -0.2) is 18.2 Å². The van der Waals surface area contributed by atoms with Crippen molar-refractivity contribution in [1.29, 1.82) is 0 Å². The number of rotatable bonds is 1. The van der Waals surface area contributed by atoms with Crippen LogP contribution in [0.15, 0.2) is 6.07 Å². The second-order valence-electron chi connectivity index (χ2n) is 1.93. The average Bonchev–Trinajstić information content (AvgIpc) is 1.96. The van der Waals surface area contributed by atoms with Gasteiger partial charge in [0.25, 0.3) is 6.43 Å². The zero-order valence-corrected chi connectivity index (χ0v) is 6.25. The third-order valence-electron chi connectivity index (χ3n) is 1.11. The molecule has 6 heteroatoms. The van der Waals surface area contributed by atoms with Crippen molar-refractivity contribution in [3.63, 3.8) is 0 Å². The third kappa shape index (κ3) is 1.66. The SMILES string of the molecule is Fc1cc(Cl)c(F)c(C(F)F)n1. The fourth-order valence-electron chi connectivity index (χ4n) is 0.631. The van der Waals surface area contributed by atoms with Gasteiger partial charge >= 0.3 is 0 Å². The molecule has 0 fully saturated rings. The molecule has 1 aromatic rings. The first kappa shape index (κ1) is 9.25. The quantitative estimate of drug-likeness (QED) is 0.501. The van der Waals surface area contributed by atoms with Crippen molar-refractivity contribution < 1.29 is 17.6 Å². The van der Waals surface area contributed by atoms with Crippen molar-refractivity contribution in [2.75, 3.05) is 0 Å². The van der Waals surface area contributed by atoms with E-state index in [0.717, 1.165) is 0 Å². The molecule has 0 aliphatic heterocycles. The molecular formula is C6H2ClF4N. The van der Waals surface area contributed by atoms with E-state index in [1.807, 2.05) is 0 Å². The van der Waals surface area contributed by atoms with E-state index in [0.29, 0.717) is 6.07 Å². The van der Waals surface area contributed by atoms with Gasteiger partial charge < -0.3 is 0 Å². The molecule has 1 nitrogen and oxygen atoms in total. The standard InChI is InChI=1S/C6H2ClF4N/c7-2-1-3(8)12-5(4(2)9)6(10)11/h1,6H. The molecule has 0 saturated heterocycles. The van der Waals surface area contributed by atoms with Crippen LogP contribution < -0.4 is 0 Å². The fourth-order valence-corrected chi connectivity index (χ4v) is 0.818. The van der Waals surface area contributed by atoms with E-state index >= 15 is 0 Å². The minimum Gasteiger partial charge on any atom is -0.216 e. The average molecular weight is 200 g/mol. The van der Waals surface area contributed by atoms with Crippen LogP contribution in [0.5, 0.6) is 0 Å². The number of aromatic nitrogens is 1. The Morgan fingerprint density at radius 1 is 1.33 bits per heavy atom. The van der Waals surface area contributed by atoms with Gasteiger partial charge in [-0.2, -0.15) is 4.39 Å². The van der Waals surface area contributed by atoms with Crippen molar-refractivity contribution in [3.05, 3.63) is 28.5 Å². The van der Waals surface area contributed by atoms with E-state index in [2.05, 4.69) is 4.98 Å². The van der Waals surface area contributed by atoms with Crippen LogP contribution in [0.4, 0.5) is 17.6 Å². The van der Waals surface area contributed by atoms with Gasteiger partial charge in [0.15, 0.2) is 5.82 Å². The molecule has 0 unspecified atom stereocenters. The number of pyridine rings is 1. The highest BCUT2D eigenvalue weighted by Gasteiger charge is 2.19. The predicted molar refractivity (Wildman–Crippen MR) is 34.1 cm³/mol. The maximum Gasteiger partial charge on any atom is 0.283 e. The lowest BCUT2D eigenvalue weighted by Gasteiger charge is -2.01. The summed E-state index contributed by atoms with van der Waals surface area (Å²) < 4.78 is 48.6. The minimum atomic E-state index is -3.17. The Morgan fingerprint density at radius 2 is 1.92 bits per heavy atom. The summed E-state index contributed by atoms with van der Waals surface area (Å²) in [7, 11) is 0. The summed E-state index contributed by atoms with van der Waals surface area (Å²) in [6.45, 7) is 0. The van der Waals surface area contributed by atoms with Gasteiger partial charge in [0, 0.05) is 6.07 Å². The summed E-state index contributed by atoms with van der Waals surface area (Å²) >= 11 is 5.07. The molecule has 12 heavy (non-hydrogen) atoms. The number of halogens is 5. The normalized spacial score (nSPS) is 10.8. The zero-order chi connectivity index (χ0) is 9.30. The third-order valence-corrected chi connectivity index (χ3v) is 1.39. The minimum absolute atomic E-state index is 0.531. The Morgan fingerprint density at radius 3 is 2.42 bits per heavy atom. The molecule has 0 N–H and O–H groups in total. The predicted octanol–water partition coefficient (Wildman–Crippen LogP) is 2.95. The van der Waals surface area contributed by atoms with Gasteiger partial charge in [-0.1, -0.05) is 11.6 Å². The van der Waals surface area contributed by atoms with Gasteiger partial charge in [0.2, 0.25) is 5.95 Å². The first-order valence-electron chi connectivity index (χ1n) is 2.82. The van der Waals surface area contributed by atoms with Crippen molar-refractivity contribution >= 4 is 11.6 Å². The maximum atomic E-state index is 12.6. The largest absolute Gasteiger partial charge is 0.283 e. The van der Waals surface area contributed by atoms with Crippen molar-refractivity contribution in [3.8, 4) is 0 Å². The molecule has 0 aliphatic carbocycles. The monoisotopic (exact) mass is 199 g/mol. The van der Waals surface area contributed by atoms with Crippen molar-refractivity contribution in [2.45, 2.75) is 6.43 Å². The van der Waals surface area contributed by atoms with Gasteiger partial charge in [0.1, 0.15) is 5.69 Å². The molecule has 0 aromatic carbocycles. The second kappa shape index (κ2) is 3.26. The number of hydrogen-bond donors (Lipinski definition) is 0. The molecule has 0 amide bonds. The lowest BCUT2D eigenvalue weighted by molar-refractivity contribution is 0.139. The summed E-state index contributed by atoms with van der Waals surface area (Å²) in [4.78, 5) is 2.66. The zero-order valence-electron chi connectivity index (χ0n) is 5.49. The molecule has 1 rings (SSSR count). The summed E-state index contributed by atoms with van der Waals surface area (Å²) in [5.74, 6) is -2.61. The van der Waals surface area contributed by atoms with Crippen molar-refractivity contribution in [1.82, 2.24) is 4.98 Å². The van der Waals surface area contributed by atoms with Crippen LogP contribution in [-0.4, -0.2) is 4.98 Å². The molecule has 1 heterocycles. The molecule has 0 bridgehead atoms. The van der Waals surface area contributed by atoms with Crippen LogP contribution in [0.25, 0.3) is 0 Å². The van der Waals surface area contributed by atoms with Gasteiger partial charge in [-0.05, 0) is 0 Å². The van der Waals surface area contributed by atoms with E-state index in [9.17, 15) is 17.6 Å². The highest BCUT2D eigenvalue weighted by Crippen LogP contribution is 2.25. The Kier molecular flexibility index (Phi) is 2.52. The van der Waals surface area contributed by atoms with Crippen molar-refractivity contribution in [2.24, 2.45) is 0 Å². The Bertz CT molecular complexity index is 302. The van der Waals surface area contributed by atoms with E-state index in [1.165, 1.54) is 0 Å². The lowest BCUT2D eigenvalue weighted by Crippen LogP contribution is -1.98. The lowest BCUT2D eigenvalue weighted by atomic mass is 10.3. The summed E-state index contributed by atoms with van der Waals surface area (Å²) in [6, 6.07) is 0.531. The molecule has 0 atom stereocenters. The summed E-state index contributed by atoms with van der Waals surface area (Å²) in [6.07, 6.45) is -3.17. The van der Waals surface area contributed by atoms with Gasteiger partial charge in [-0.3, -0.25) is 0 Å². The molecule has 0 aliphatic rings. The van der Waals surface area contributed by atoms with Crippen LogP contribution in [0.1, 0.15) is 12.1 Å². The van der Waals surface area contributed by atoms with Gasteiger partial charge in [0.05, 0.1) is 5.02 Å². The molecule has 0 radical (unpaired) electrons. The number of hydrogen-bond acceptors (Lipinski definition) is 1. The van der Waals surface area contributed by atoms with E-state index in [-0.39, 0.29) is 0 Å². The van der Waals surface area contributed by atoms with E-state index in [1.54, 1.807) is 0 Å². The fraction of sp³-hybridized carbons (Fsp3) is 0.167. The Hall–Kier alpha value is -0.840. The van der Waals surface area contributed by atoms with Crippen LogP contribution >= 0.6 is 11.6 Å². The van der Waals surface area contributed by atoms with E-state index in [4.69, 9.17) is 11.6 Å². The highest BCUT2D eigenvalue weighted by molar-refractivity contribution is 6.30. The number of nitrogens with zero attached hydrogens (tertiary/aromatic N) is 1. The smallest absolute Gasteiger partial charge is 0.216 e. The summed E-state index contributed by atoms with van der Waals surface area (Å²) in [5, 5.41) is -0.696. The Balaban J connectivity index is 3.28. The molecule has 0 saturated carbocycles. The van der Waals surface area contributed by atoms with Crippen LogP contribution in [0.3, 0.4) is 0 Å². The molecular weight excluding hydrogens is 198 g/mol. The highest BCUT2D eigenvalue weighted by atomic mass is 35.5. The summed E-state index contributed by atoms with van der Waals surface area (Å²) in [5.41, 5.74) is -1.26. The first-order valence-corrected chi connectivity index (χ1v) is 3.19. The van der Waals surface area contributed by atoms with Crippen LogP contribution in [0.2, 0.25) is 5.02 Å².